The fourth-order valence-corrected chi connectivity index (χ4v) is 2.60. The first-order chi connectivity index (χ1) is 7.89. The molecule has 94 valence electrons. The zero-order chi connectivity index (χ0) is 11.5. The fourth-order valence-electron chi connectivity index (χ4n) is 2.60. The first kappa shape index (κ1) is 13.8. The minimum atomic E-state index is 0.957. The molecule has 0 aromatic heterocycles. The van der Waals surface area contributed by atoms with Crippen molar-refractivity contribution in [3.8, 4) is 0 Å². The zero-order valence-electron chi connectivity index (χ0n) is 11.2. The van der Waals surface area contributed by atoms with Crippen LogP contribution in [0.1, 0.15) is 84.0 Å². The van der Waals surface area contributed by atoms with Crippen LogP contribution in [0.5, 0.6) is 0 Å². The molecule has 1 unspecified atom stereocenters. The topological polar surface area (TPSA) is 0 Å². The van der Waals surface area contributed by atoms with Crippen molar-refractivity contribution >= 4 is 0 Å². The van der Waals surface area contributed by atoms with Crippen LogP contribution in [0.15, 0.2) is 12.2 Å². The molecule has 1 aliphatic carbocycles. The monoisotopic (exact) mass is 222 g/mol. The van der Waals surface area contributed by atoms with E-state index in [1.807, 2.05) is 0 Å². The lowest BCUT2D eigenvalue weighted by Crippen LogP contribution is -1.94. The lowest BCUT2D eigenvalue weighted by atomic mass is 9.97. The molecule has 1 atom stereocenters. The SMILES string of the molecule is CC1CCCC=CCCCCCCCCC1. The van der Waals surface area contributed by atoms with Crippen LogP contribution in [0.4, 0.5) is 0 Å². The third kappa shape index (κ3) is 7.96. The van der Waals surface area contributed by atoms with Crippen molar-refractivity contribution in [1.29, 1.82) is 0 Å². The third-order valence-electron chi connectivity index (χ3n) is 3.80. The van der Waals surface area contributed by atoms with Gasteiger partial charge < -0.3 is 0 Å². The van der Waals surface area contributed by atoms with Gasteiger partial charge in [-0.3, -0.25) is 0 Å². The largest absolute Gasteiger partial charge is 0.0885 e. The average Bonchev–Trinajstić information content (AvgIpc) is 2.29. The van der Waals surface area contributed by atoms with E-state index in [1.54, 1.807) is 0 Å². The van der Waals surface area contributed by atoms with Crippen LogP contribution in [-0.2, 0) is 0 Å². The smallest absolute Gasteiger partial charge is 0.0351 e. The summed E-state index contributed by atoms with van der Waals surface area (Å²) in [5.74, 6) is 0.957. The van der Waals surface area contributed by atoms with E-state index >= 15 is 0 Å². The van der Waals surface area contributed by atoms with Gasteiger partial charge in [-0.15, -0.1) is 0 Å². The Kier molecular flexibility index (Phi) is 8.57. The summed E-state index contributed by atoms with van der Waals surface area (Å²) in [6.45, 7) is 2.43. The second-order valence-corrected chi connectivity index (χ2v) is 5.56. The molecule has 0 heteroatoms. The summed E-state index contributed by atoms with van der Waals surface area (Å²) in [6.07, 6.45) is 21.9. The fraction of sp³-hybridized carbons (Fsp3) is 0.875. The Labute approximate surface area is 103 Å². The molecule has 0 fully saturated rings. The van der Waals surface area contributed by atoms with Crippen molar-refractivity contribution in [2.24, 2.45) is 5.92 Å². The molecular formula is C16H30. The van der Waals surface area contributed by atoms with Gasteiger partial charge in [0.25, 0.3) is 0 Å². The Morgan fingerprint density at radius 1 is 0.625 bits per heavy atom. The predicted molar refractivity (Wildman–Crippen MR) is 73.7 cm³/mol. The van der Waals surface area contributed by atoms with Gasteiger partial charge in [0.1, 0.15) is 0 Å². The Bertz CT molecular complexity index is 169. The number of hydrogen-bond donors (Lipinski definition) is 0. The van der Waals surface area contributed by atoms with Gasteiger partial charge in [-0.2, -0.15) is 0 Å². The molecule has 0 saturated heterocycles. The maximum atomic E-state index is 2.43. The highest BCUT2D eigenvalue weighted by atomic mass is 14.1. The zero-order valence-corrected chi connectivity index (χ0v) is 11.2. The lowest BCUT2D eigenvalue weighted by molar-refractivity contribution is 0.445. The van der Waals surface area contributed by atoms with Crippen LogP contribution >= 0.6 is 0 Å². The van der Waals surface area contributed by atoms with Crippen LogP contribution in [-0.4, -0.2) is 0 Å². The molecule has 1 aliphatic rings. The van der Waals surface area contributed by atoms with Gasteiger partial charge in [-0.1, -0.05) is 70.4 Å². The average molecular weight is 222 g/mol. The van der Waals surface area contributed by atoms with Crippen molar-refractivity contribution < 1.29 is 0 Å². The number of allylic oxidation sites excluding steroid dienone is 2. The standard InChI is InChI=1S/C16H30/c1-16-14-12-10-8-6-4-2-3-5-7-9-11-13-15-16/h6,8,16H,2-5,7,9-15H2,1H3. The lowest BCUT2D eigenvalue weighted by Gasteiger charge is -2.09. The summed E-state index contributed by atoms with van der Waals surface area (Å²) >= 11 is 0. The molecular weight excluding hydrogens is 192 g/mol. The highest BCUT2D eigenvalue weighted by Gasteiger charge is 2.01. The van der Waals surface area contributed by atoms with E-state index in [0.29, 0.717) is 0 Å². The molecule has 0 spiro atoms. The normalized spacial score (nSPS) is 26.9. The third-order valence-corrected chi connectivity index (χ3v) is 3.80. The van der Waals surface area contributed by atoms with Crippen LogP contribution in [0.2, 0.25) is 0 Å². The van der Waals surface area contributed by atoms with E-state index in [1.165, 1.54) is 77.0 Å². The van der Waals surface area contributed by atoms with Gasteiger partial charge in [-0.05, 0) is 31.6 Å². The molecule has 0 aromatic rings. The summed E-state index contributed by atoms with van der Waals surface area (Å²) in [4.78, 5) is 0. The Morgan fingerprint density at radius 3 is 1.88 bits per heavy atom. The van der Waals surface area contributed by atoms with Gasteiger partial charge in [0.2, 0.25) is 0 Å². The van der Waals surface area contributed by atoms with Crippen molar-refractivity contribution in [2.45, 2.75) is 84.0 Å². The van der Waals surface area contributed by atoms with Crippen molar-refractivity contribution in [2.75, 3.05) is 0 Å². The summed E-state index contributed by atoms with van der Waals surface area (Å²) in [6, 6.07) is 0. The Balaban J connectivity index is 2.17. The van der Waals surface area contributed by atoms with Gasteiger partial charge in [0, 0.05) is 0 Å². The minimum Gasteiger partial charge on any atom is -0.0885 e. The van der Waals surface area contributed by atoms with Gasteiger partial charge in [0.15, 0.2) is 0 Å². The number of rotatable bonds is 0. The molecule has 1 rings (SSSR count). The van der Waals surface area contributed by atoms with E-state index in [2.05, 4.69) is 19.1 Å². The predicted octanol–water partition coefficient (Wildman–Crippen LogP) is 5.87. The van der Waals surface area contributed by atoms with E-state index in [-0.39, 0.29) is 0 Å². The second-order valence-electron chi connectivity index (χ2n) is 5.56. The van der Waals surface area contributed by atoms with E-state index < -0.39 is 0 Å². The molecule has 16 heavy (non-hydrogen) atoms. The minimum absolute atomic E-state index is 0.957. The Morgan fingerprint density at radius 2 is 1.12 bits per heavy atom. The van der Waals surface area contributed by atoms with Crippen LogP contribution in [0.3, 0.4) is 0 Å². The quantitative estimate of drug-likeness (QED) is 0.449. The first-order valence-electron chi connectivity index (χ1n) is 7.54. The molecule has 0 nitrogen and oxygen atoms in total. The summed E-state index contributed by atoms with van der Waals surface area (Å²) in [7, 11) is 0. The molecule has 0 radical (unpaired) electrons. The maximum absolute atomic E-state index is 2.43. The second kappa shape index (κ2) is 9.93. The van der Waals surface area contributed by atoms with Crippen molar-refractivity contribution in [1.82, 2.24) is 0 Å². The highest BCUT2D eigenvalue weighted by Crippen LogP contribution is 2.18. The molecule has 0 heterocycles. The van der Waals surface area contributed by atoms with E-state index in [9.17, 15) is 0 Å². The van der Waals surface area contributed by atoms with Crippen LogP contribution in [0.25, 0.3) is 0 Å². The molecule has 0 saturated carbocycles. The van der Waals surface area contributed by atoms with Crippen molar-refractivity contribution in [3.63, 3.8) is 0 Å². The molecule has 0 aromatic carbocycles. The van der Waals surface area contributed by atoms with Crippen LogP contribution in [0, 0.1) is 5.92 Å². The van der Waals surface area contributed by atoms with Gasteiger partial charge >= 0.3 is 0 Å². The molecule has 0 bridgehead atoms. The maximum Gasteiger partial charge on any atom is -0.0351 e. The van der Waals surface area contributed by atoms with E-state index in [0.717, 1.165) is 5.92 Å². The Hall–Kier alpha value is -0.260. The first-order valence-corrected chi connectivity index (χ1v) is 7.54. The van der Waals surface area contributed by atoms with Gasteiger partial charge in [-0.25, -0.2) is 0 Å². The number of hydrogen-bond acceptors (Lipinski definition) is 0. The molecule has 0 N–H and O–H groups in total. The van der Waals surface area contributed by atoms with Crippen molar-refractivity contribution in [3.05, 3.63) is 12.2 Å². The van der Waals surface area contributed by atoms with E-state index in [4.69, 9.17) is 0 Å². The summed E-state index contributed by atoms with van der Waals surface area (Å²) < 4.78 is 0. The molecule has 0 amide bonds. The highest BCUT2D eigenvalue weighted by molar-refractivity contribution is 4.81. The van der Waals surface area contributed by atoms with Crippen LogP contribution < -0.4 is 0 Å². The van der Waals surface area contributed by atoms with Gasteiger partial charge in [0.05, 0.1) is 0 Å². The molecule has 0 aliphatic heterocycles. The summed E-state index contributed by atoms with van der Waals surface area (Å²) in [5.41, 5.74) is 0. The summed E-state index contributed by atoms with van der Waals surface area (Å²) in [5, 5.41) is 0.